The fourth-order valence-electron chi connectivity index (χ4n) is 1.33. The summed E-state index contributed by atoms with van der Waals surface area (Å²) in [7, 11) is 0. The number of hydrogen-bond acceptors (Lipinski definition) is 4. The molecule has 4 nitrogen and oxygen atoms in total. The zero-order valence-electron chi connectivity index (χ0n) is 8.49. The molecule has 0 radical (unpaired) electrons. The molecule has 0 aliphatic carbocycles. The summed E-state index contributed by atoms with van der Waals surface area (Å²) in [5, 5.41) is 7.70. The Morgan fingerprint density at radius 3 is 2.67 bits per heavy atom. The van der Waals surface area contributed by atoms with Crippen LogP contribution in [0.5, 0.6) is 0 Å². The maximum atomic E-state index is 5.58. The predicted molar refractivity (Wildman–Crippen MR) is 56.6 cm³/mol. The van der Waals surface area contributed by atoms with E-state index in [1.807, 2.05) is 26.0 Å². The summed E-state index contributed by atoms with van der Waals surface area (Å²) in [6, 6.07) is 3.83. The van der Waals surface area contributed by atoms with E-state index in [1.165, 1.54) is 0 Å². The molecule has 0 N–H and O–H groups in total. The SMILES string of the molecule is Cc1ccc(-c2nnc(CCl)o2)c(C)n1. The molecular formula is C10H10ClN3O. The van der Waals surface area contributed by atoms with Crippen molar-refractivity contribution in [3.63, 3.8) is 0 Å². The molecule has 0 fully saturated rings. The van der Waals surface area contributed by atoms with Crippen molar-refractivity contribution in [3.05, 3.63) is 29.4 Å². The van der Waals surface area contributed by atoms with Crippen molar-refractivity contribution in [2.24, 2.45) is 0 Å². The van der Waals surface area contributed by atoms with Gasteiger partial charge < -0.3 is 4.42 Å². The first kappa shape index (κ1) is 10.1. The molecule has 2 rings (SSSR count). The van der Waals surface area contributed by atoms with Crippen LogP contribution < -0.4 is 0 Å². The molecule has 0 amide bonds. The minimum atomic E-state index is 0.228. The lowest BCUT2D eigenvalue weighted by Crippen LogP contribution is -1.90. The van der Waals surface area contributed by atoms with Gasteiger partial charge in [0.05, 0.1) is 11.3 Å². The molecule has 78 valence electrons. The van der Waals surface area contributed by atoms with Crippen molar-refractivity contribution in [3.8, 4) is 11.5 Å². The number of halogens is 1. The quantitative estimate of drug-likeness (QED) is 0.734. The van der Waals surface area contributed by atoms with Gasteiger partial charge in [-0.25, -0.2) is 0 Å². The fourth-order valence-corrected chi connectivity index (χ4v) is 1.44. The van der Waals surface area contributed by atoms with Gasteiger partial charge in [0.15, 0.2) is 0 Å². The summed E-state index contributed by atoms with van der Waals surface area (Å²) >= 11 is 5.58. The van der Waals surface area contributed by atoms with Crippen molar-refractivity contribution in [1.29, 1.82) is 0 Å². The van der Waals surface area contributed by atoms with Gasteiger partial charge >= 0.3 is 0 Å². The van der Waals surface area contributed by atoms with Crippen molar-refractivity contribution >= 4 is 11.6 Å². The molecule has 0 saturated heterocycles. The normalized spacial score (nSPS) is 10.6. The minimum absolute atomic E-state index is 0.228. The first-order chi connectivity index (χ1) is 7.20. The summed E-state index contributed by atoms with van der Waals surface area (Å²) in [6.45, 7) is 3.85. The second-order valence-electron chi connectivity index (χ2n) is 3.22. The molecule has 0 aliphatic heterocycles. The lowest BCUT2D eigenvalue weighted by molar-refractivity contribution is 0.526. The highest BCUT2D eigenvalue weighted by Crippen LogP contribution is 2.21. The molecule has 2 aromatic rings. The monoisotopic (exact) mass is 223 g/mol. The molecule has 0 aliphatic rings. The number of aromatic nitrogens is 3. The van der Waals surface area contributed by atoms with Crippen LogP contribution >= 0.6 is 11.6 Å². The highest BCUT2D eigenvalue weighted by atomic mass is 35.5. The van der Waals surface area contributed by atoms with Crippen molar-refractivity contribution in [1.82, 2.24) is 15.2 Å². The zero-order chi connectivity index (χ0) is 10.8. The molecule has 15 heavy (non-hydrogen) atoms. The van der Waals surface area contributed by atoms with Crippen LogP contribution in [0, 0.1) is 13.8 Å². The van der Waals surface area contributed by atoms with Crippen LogP contribution in [0.15, 0.2) is 16.5 Å². The summed E-state index contributed by atoms with van der Waals surface area (Å²) in [5.74, 6) is 1.12. The first-order valence-electron chi connectivity index (χ1n) is 4.53. The van der Waals surface area contributed by atoms with Gasteiger partial charge in [0.1, 0.15) is 5.88 Å². The van der Waals surface area contributed by atoms with Gasteiger partial charge in [-0.1, -0.05) is 0 Å². The average Bonchev–Trinajstić information content (AvgIpc) is 2.66. The Morgan fingerprint density at radius 1 is 1.27 bits per heavy atom. The van der Waals surface area contributed by atoms with Gasteiger partial charge in [0.25, 0.3) is 0 Å². The van der Waals surface area contributed by atoms with Gasteiger partial charge in [-0.2, -0.15) is 0 Å². The predicted octanol–water partition coefficient (Wildman–Crippen LogP) is 2.49. The lowest BCUT2D eigenvalue weighted by atomic mass is 10.2. The average molecular weight is 224 g/mol. The maximum absolute atomic E-state index is 5.58. The van der Waals surface area contributed by atoms with Crippen molar-refractivity contribution in [2.45, 2.75) is 19.7 Å². The second-order valence-corrected chi connectivity index (χ2v) is 3.49. The first-order valence-corrected chi connectivity index (χ1v) is 5.07. The zero-order valence-corrected chi connectivity index (χ0v) is 9.25. The standard InChI is InChI=1S/C10H10ClN3O/c1-6-3-4-8(7(2)12-6)10-14-13-9(5-11)15-10/h3-4H,5H2,1-2H3. The van der Waals surface area contributed by atoms with Gasteiger partial charge in [-0.05, 0) is 26.0 Å². The highest BCUT2D eigenvalue weighted by Gasteiger charge is 2.10. The third kappa shape index (κ3) is 1.99. The number of aryl methyl sites for hydroxylation is 2. The maximum Gasteiger partial charge on any atom is 0.249 e. The Hall–Kier alpha value is -1.42. The Bertz CT molecular complexity index is 481. The van der Waals surface area contributed by atoms with Crippen LogP contribution in [0.3, 0.4) is 0 Å². The Morgan fingerprint density at radius 2 is 2.07 bits per heavy atom. The second kappa shape index (κ2) is 3.98. The van der Waals surface area contributed by atoms with Crippen LogP contribution in [0.25, 0.3) is 11.5 Å². The summed E-state index contributed by atoms with van der Waals surface area (Å²) in [6.07, 6.45) is 0. The molecular weight excluding hydrogens is 214 g/mol. The van der Waals surface area contributed by atoms with Crippen molar-refractivity contribution < 1.29 is 4.42 Å². The van der Waals surface area contributed by atoms with Crippen LogP contribution in [-0.2, 0) is 5.88 Å². The molecule has 0 unspecified atom stereocenters. The molecule has 0 atom stereocenters. The molecule has 2 heterocycles. The molecule has 2 aromatic heterocycles. The van der Waals surface area contributed by atoms with E-state index in [4.69, 9.17) is 16.0 Å². The molecule has 0 bridgehead atoms. The van der Waals surface area contributed by atoms with E-state index in [-0.39, 0.29) is 5.88 Å². The van der Waals surface area contributed by atoms with E-state index in [1.54, 1.807) is 0 Å². The van der Waals surface area contributed by atoms with Gasteiger partial charge in [-0.3, -0.25) is 4.98 Å². The van der Waals surface area contributed by atoms with Crippen LogP contribution in [-0.4, -0.2) is 15.2 Å². The molecule has 0 spiro atoms. The Kier molecular flexibility index (Phi) is 2.68. The summed E-state index contributed by atoms with van der Waals surface area (Å²) in [4.78, 5) is 4.32. The largest absolute Gasteiger partial charge is 0.419 e. The fraction of sp³-hybridized carbons (Fsp3) is 0.300. The highest BCUT2D eigenvalue weighted by molar-refractivity contribution is 6.16. The molecule has 5 heteroatoms. The number of rotatable bonds is 2. The summed E-state index contributed by atoms with van der Waals surface area (Å²) < 4.78 is 5.35. The smallest absolute Gasteiger partial charge is 0.249 e. The van der Waals surface area contributed by atoms with Crippen LogP contribution in [0.4, 0.5) is 0 Å². The van der Waals surface area contributed by atoms with Gasteiger partial charge in [0.2, 0.25) is 11.8 Å². The minimum Gasteiger partial charge on any atom is -0.419 e. The summed E-state index contributed by atoms with van der Waals surface area (Å²) in [5.41, 5.74) is 2.69. The van der Waals surface area contributed by atoms with E-state index < -0.39 is 0 Å². The number of pyridine rings is 1. The number of nitrogens with zero attached hydrogens (tertiary/aromatic N) is 3. The topological polar surface area (TPSA) is 51.8 Å². The third-order valence-corrected chi connectivity index (χ3v) is 2.27. The van der Waals surface area contributed by atoms with Crippen LogP contribution in [0.2, 0.25) is 0 Å². The number of alkyl halides is 1. The van der Waals surface area contributed by atoms with E-state index >= 15 is 0 Å². The number of hydrogen-bond donors (Lipinski definition) is 0. The van der Waals surface area contributed by atoms with Crippen molar-refractivity contribution in [2.75, 3.05) is 0 Å². The third-order valence-electron chi connectivity index (χ3n) is 2.04. The Balaban J connectivity index is 2.44. The van der Waals surface area contributed by atoms with E-state index in [9.17, 15) is 0 Å². The molecule has 0 aromatic carbocycles. The lowest BCUT2D eigenvalue weighted by Gasteiger charge is -2.00. The van der Waals surface area contributed by atoms with E-state index in [2.05, 4.69) is 15.2 Å². The van der Waals surface area contributed by atoms with Crippen LogP contribution in [0.1, 0.15) is 17.3 Å². The Labute approximate surface area is 92.3 Å². The van der Waals surface area contributed by atoms with E-state index in [0.717, 1.165) is 17.0 Å². The van der Waals surface area contributed by atoms with Gasteiger partial charge in [-0.15, -0.1) is 21.8 Å². The van der Waals surface area contributed by atoms with Gasteiger partial charge in [0, 0.05) is 5.69 Å². The molecule has 0 saturated carbocycles. The van der Waals surface area contributed by atoms with E-state index in [0.29, 0.717) is 11.8 Å².